The monoisotopic (exact) mass is 276 g/mol. The second-order valence-electron chi connectivity index (χ2n) is 3.36. The van der Waals surface area contributed by atoms with Gasteiger partial charge in [-0.05, 0) is 26.1 Å². The maximum Gasteiger partial charge on any atom is 0.325 e. The fraction of sp³-hybridized carbons (Fsp3) is 0.333. The second-order valence-corrected chi connectivity index (χ2v) is 5.18. The average Bonchev–Trinajstić information content (AvgIpc) is 2.78. The molecule has 0 aromatic carbocycles. The van der Waals surface area contributed by atoms with E-state index in [-0.39, 0.29) is 5.76 Å². The number of amides is 1. The van der Waals surface area contributed by atoms with E-state index in [1.807, 2.05) is 4.72 Å². The minimum Gasteiger partial charge on any atom is -0.480 e. The summed E-state index contributed by atoms with van der Waals surface area (Å²) in [4.78, 5) is 22.0. The summed E-state index contributed by atoms with van der Waals surface area (Å²) < 4.78 is 29.5. The van der Waals surface area contributed by atoms with Gasteiger partial charge in [0.05, 0.1) is 0 Å². The molecular weight excluding hydrogens is 264 g/mol. The standard InChI is InChI=1S/C9H12N2O6S/c1-5(9(13)14)11-8(12)6-3-4-7(17-6)18(15,16)10-2/h3-5,10H,1-2H3,(H,11,12)(H,13,14)/t5-/m0/s1. The van der Waals surface area contributed by atoms with Crippen LogP contribution in [0.1, 0.15) is 17.5 Å². The maximum atomic E-state index is 11.5. The molecule has 100 valence electrons. The summed E-state index contributed by atoms with van der Waals surface area (Å²) in [5.41, 5.74) is 0. The van der Waals surface area contributed by atoms with Crippen molar-refractivity contribution in [2.24, 2.45) is 0 Å². The number of hydrogen-bond acceptors (Lipinski definition) is 5. The highest BCUT2D eigenvalue weighted by atomic mass is 32.2. The second kappa shape index (κ2) is 5.19. The lowest BCUT2D eigenvalue weighted by atomic mass is 10.3. The minimum absolute atomic E-state index is 0.281. The number of sulfonamides is 1. The normalized spacial score (nSPS) is 13.0. The molecule has 0 fully saturated rings. The Morgan fingerprint density at radius 3 is 2.50 bits per heavy atom. The van der Waals surface area contributed by atoms with Crippen molar-refractivity contribution >= 4 is 21.9 Å². The summed E-state index contributed by atoms with van der Waals surface area (Å²) in [5, 5.41) is 10.3. The summed E-state index contributed by atoms with van der Waals surface area (Å²) >= 11 is 0. The third-order valence-corrected chi connectivity index (χ3v) is 3.34. The fourth-order valence-corrected chi connectivity index (χ4v) is 1.66. The van der Waals surface area contributed by atoms with Crippen molar-refractivity contribution in [3.8, 4) is 0 Å². The number of aliphatic carboxylic acids is 1. The van der Waals surface area contributed by atoms with Crippen LogP contribution in [0.4, 0.5) is 0 Å². The number of carbonyl (C=O) groups excluding carboxylic acids is 1. The van der Waals surface area contributed by atoms with E-state index >= 15 is 0 Å². The van der Waals surface area contributed by atoms with E-state index in [0.29, 0.717) is 0 Å². The highest BCUT2D eigenvalue weighted by Crippen LogP contribution is 2.13. The summed E-state index contributed by atoms with van der Waals surface area (Å²) in [6.45, 7) is 1.27. The molecule has 0 aliphatic rings. The molecule has 0 spiro atoms. The maximum absolute atomic E-state index is 11.5. The molecule has 3 N–H and O–H groups in total. The van der Waals surface area contributed by atoms with Gasteiger partial charge in [0, 0.05) is 0 Å². The first kappa shape index (κ1) is 14.2. The van der Waals surface area contributed by atoms with Crippen molar-refractivity contribution in [2.75, 3.05) is 7.05 Å². The molecule has 0 unspecified atom stereocenters. The Kier molecular flexibility index (Phi) is 4.09. The Morgan fingerprint density at radius 1 is 1.39 bits per heavy atom. The number of furan rings is 1. The summed E-state index contributed by atoms with van der Waals surface area (Å²) in [7, 11) is -2.57. The summed E-state index contributed by atoms with van der Waals surface area (Å²) in [5.74, 6) is -2.29. The van der Waals surface area contributed by atoms with E-state index in [2.05, 4.69) is 5.32 Å². The van der Waals surface area contributed by atoms with Gasteiger partial charge in [0.2, 0.25) is 5.09 Å². The van der Waals surface area contributed by atoms with Crippen LogP contribution in [0.25, 0.3) is 0 Å². The molecule has 1 atom stereocenters. The first-order valence-corrected chi connectivity index (χ1v) is 6.33. The number of hydrogen-bond donors (Lipinski definition) is 3. The van der Waals surface area contributed by atoms with Gasteiger partial charge >= 0.3 is 5.97 Å². The molecule has 0 aliphatic heterocycles. The molecule has 0 radical (unpaired) electrons. The minimum atomic E-state index is -3.77. The van der Waals surface area contributed by atoms with E-state index in [1.165, 1.54) is 14.0 Å². The predicted octanol–water partition coefficient (Wildman–Crippen LogP) is -0.609. The van der Waals surface area contributed by atoms with Gasteiger partial charge in [0.15, 0.2) is 5.76 Å². The average molecular weight is 276 g/mol. The molecule has 1 amide bonds. The predicted molar refractivity (Wildman–Crippen MR) is 59.5 cm³/mol. The quantitative estimate of drug-likeness (QED) is 0.658. The van der Waals surface area contributed by atoms with Gasteiger partial charge in [0.25, 0.3) is 15.9 Å². The number of carboxylic acid groups (broad SMARTS) is 1. The van der Waals surface area contributed by atoms with Gasteiger partial charge < -0.3 is 14.8 Å². The first-order valence-electron chi connectivity index (χ1n) is 4.85. The van der Waals surface area contributed by atoms with Gasteiger partial charge in [-0.15, -0.1) is 0 Å². The molecule has 0 aliphatic carbocycles. The zero-order chi connectivity index (χ0) is 13.9. The molecule has 1 heterocycles. The number of rotatable bonds is 5. The fourth-order valence-electron chi connectivity index (χ4n) is 1.02. The van der Waals surface area contributed by atoms with E-state index in [1.54, 1.807) is 0 Å². The number of nitrogens with one attached hydrogen (secondary N) is 2. The number of carbonyl (C=O) groups is 2. The first-order chi connectivity index (χ1) is 8.27. The molecule has 1 aromatic heterocycles. The zero-order valence-corrected chi connectivity index (χ0v) is 10.4. The highest BCUT2D eigenvalue weighted by Gasteiger charge is 2.21. The van der Waals surface area contributed by atoms with Crippen LogP contribution in [0.5, 0.6) is 0 Å². The smallest absolute Gasteiger partial charge is 0.325 e. The Morgan fingerprint density at radius 2 is 2.00 bits per heavy atom. The Bertz CT molecular complexity index is 561. The molecule has 9 heteroatoms. The van der Waals surface area contributed by atoms with Gasteiger partial charge in [-0.3, -0.25) is 9.59 Å². The Labute approximate surface area is 103 Å². The van der Waals surface area contributed by atoms with Crippen LogP contribution in [0.3, 0.4) is 0 Å². The topological polar surface area (TPSA) is 126 Å². The van der Waals surface area contributed by atoms with E-state index in [9.17, 15) is 18.0 Å². The zero-order valence-electron chi connectivity index (χ0n) is 9.63. The Hall–Kier alpha value is -1.87. The van der Waals surface area contributed by atoms with Gasteiger partial charge in [-0.2, -0.15) is 0 Å². The van der Waals surface area contributed by atoms with Crippen LogP contribution in [0, 0.1) is 0 Å². The van der Waals surface area contributed by atoms with E-state index in [0.717, 1.165) is 12.1 Å². The van der Waals surface area contributed by atoms with Crippen LogP contribution in [0.15, 0.2) is 21.6 Å². The summed E-state index contributed by atoms with van der Waals surface area (Å²) in [6, 6.07) is 1.15. The molecule has 1 rings (SSSR count). The van der Waals surface area contributed by atoms with Crippen molar-refractivity contribution in [1.29, 1.82) is 0 Å². The Balaban J connectivity index is 2.87. The molecule has 0 saturated heterocycles. The highest BCUT2D eigenvalue weighted by molar-refractivity contribution is 7.89. The molecule has 8 nitrogen and oxygen atoms in total. The largest absolute Gasteiger partial charge is 0.480 e. The van der Waals surface area contributed by atoms with Gasteiger partial charge in [-0.1, -0.05) is 0 Å². The molecule has 1 aromatic rings. The third kappa shape index (κ3) is 3.08. The van der Waals surface area contributed by atoms with Crippen molar-refractivity contribution in [3.63, 3.8) is 0 Å². The van der Waals surface area contributed by atoms with E-state index < -0.39 is 33.0 Å². The van der Waals surface area contributed by atoms with Gasteiger partial charge in [-0.25, -0.2) is 13.1 Å². The SMILES string of the molecule is CNS(=O)(=O)c1ccc(C(=O)N[C@@H](C)C(=O)O)o1. The van der Waals surface area contributed by atoms with Crippen molar-refractivity contribution in [2.45, 2.75) is 18.1 Å². The van der Waals surface area contributed by atoms with Gasteiger partial charge in [0.1, 0.15) is 6.04 Å². The number of carboxylic acids is 1. The van der Waals surface area contributed by atoms with Crippen LogP contribution < -0.4 is 10.0 Å². The van der Waals surface area contributed by atoms with E-state index in [4.69, 9.17) is 9.52 Å². The molecule has 0 saturated carbocycles. The van der Waals surface area contributed by atoms with Crippen LogP contribution in [0.2, 0.25) is 0 Å². The molecule has 0 bridgehead atoms. The van der Waals surface area contributed by atoms with Crippen molar-refractivity contribution < 1.29 is 27.5 Å². The van der Waals surface area contributed by atoms with Crippen LogP contribution >= 0.6 is 0 Å². The van der Waals surface area contributed by atoms with Crippen molar-refractivity contribution in [1.82, 2.24) is 10.0 Å². The van der Waals surface area contributed by atoms with Crippen LogP contribution in [-0.4, -0.2) is 38.5 Å². The van der Waals surface area contributed by atoms with Crippen LogP contribution in [-0.2, 0) is 14.8 Å². The molecular formula is C9H12N2O6S. The lowest BCUT2D eigenvalue weighted by Gasteiger charge is -2.06. The lowest BCUT2D eigenvalue weighted by Crippen LogP contribution is -2.38. The van der Waals surface area contributed by atoms with Crippen molar-refractivity contribution in [3.05, 3.63) is 17.9 Å². The summed E-state index contributed by atoms with van der Waals surface area (Å²) in [6.07, 6.45) is 0. The molecule has 18 heavy (non-hydrogen) atoms. The third-order valence-electron chi connectivity index (χ3n) is 2.06. The lowest BCUT2D eigenvalue weighted by molar-refractivity contribution is -0.138.